The van der Waals surface area contributed by atoms with Gasteiger partial charge in [0.25, 0.3) is 0 Å². The second-order valence-corrected chi connectivity index (χ2v) is 41.1. The van der Waals surface area contributed by atoms with Crippen molar-refractivity contribution in [3.63, 3.8) is 0 Å². The fourth-order valence-electron chi connectivity index (χ4n) is 21.9. The molecule has 0 saturated carbocycles. The van der Waals surface area contributed by atoms with Crippen LogP contribution in [0, 0.1) is 146 Å². The monoisotopic (exact) mass is 2110 g/mol. The number of aryl methyl sites for hydroxylation is 6. The molecular weight excluding hydrogens is 1870 g/mol. The summed E-state index contributed by atoms with van der Waals surface area (Å²) >= 11 is 0. The second-order valence-electron chi connectivity index (χ2n) is 41.1. The molecule has 0 bridgehead atoms. The largest absolute Gasteiger partial charge is 0.507 e. The molecule has 0 saturated heterocycles. The number of benzene rings is 6. The van der Waals surface area contributed by atoms with Crippen LogP contribution in [0.4, 0.5) is 0 Å². The normalized spacial score (nSPS) is 11.4. The number of phenols is 6. The zero-order valence-electron chi connectivity index (χ0n) is 103. The molecule has 0 aliphatic heterocycles. The predicted molar refractivity (Wildman–Crippen MR) is 653 cm³/mol. The minimum Gasteiger partial charge on any atom is -0.507 e. The van der Waals surface area contributed by atoms with Crippen LogP contribution in [-0.2, 0) is 52.8 Å². The molecule has 2 radical (unpaired) electrons. The fraction of sp³-hybridized carbons (Fsp3) is 0.627. The average Bonchev–Trinajstić information content (AvgIpc) is 0.803. The van der Waals surface area contributed by atoms with E-state index in [0.29, 0.717) is 89.3 Å². The summed E-state index contributed by atoms with van der Waals surface area (Å²) in [5.41, 5.74) is 19.5. The molecule has 3 atom stereocenters. The number of aromatic hydroxyl groups is 6. The summed E-state index contributed by atoms with van der Waals surface area (Å²) in [6, 6.07) is 26.8. The first-order valence-electron chi connectivity index (χ1n) is 54.5. The number of unbranched alkanes of at least 4 members (excludes halogenated alkanes) is 9. The molecule has 0 aliphatic rings. The van der Waals surface area contributed by atoms with Crippen molar-refractivity contribution in [2.75, 3.05) is 78.5 Å². The third-order valence-electron chi connectivity index (χ3n) is 29.8. The van der Waals surface area contributed by atoms with Gasteiger partial charge in [-0.25, -0.2) is 0 Å². The van der Waals surface area contributed by atoms with Crippen LogP contribution in [-0.4, -0.2) is 123 Å². The molecule has 6 rings (SSSR count). The smallest absolute Gasteiger partial charge is 0.122 e. The third-order valence-corrected chi connectivity index (χ3v) is 29.8. The van der Waals surface area contributed by atoms with Gasteiger partial charge < -0.3 is 148 Å². The minimum atomic E-state index is 0. The first-order chi connectivity index (χ1) is 62.0. The summed E-state index contributed by atoms with van der Waals surface area (Å²) in [5, 5.41) is 67.3. The molecule has 9 nitrogen and oxygen atoms in total. The quantitative estimate of drug-likeness (QED) is 0.0167. The van der Waals surface area contributed by atoms with E-state index in [-0.39, 0.29) is 138 Å². The van der Waals surface area contributed by atoms with Gasteiger partial charge in [0, 0.05) is 72.1 Å². The zero-order valence-corrected chi connectivity index (χ0v) is 105. The Morgan fingerprint density at radius 1 is 0.166 bits per heavy atom. The van der Waals surface area contributed by atoms with Crippen molar-refractivity contribution < 1.29 is 77.6 Å². The molecule has 862 valence electrons. The molecule has 0 fully saturated rings. The van der Waals surface area contributed by atoms with Crippen LogP contribution in [0.3, 0.4) is 0 Å². The maximum absolute atomic E-state index is 11.3. The van der Waals surface area contributed by atoms with Crippen molar-refractivity contribution >= 4 is 0 Å². The molecule has 6 aromatic rings. The Balaban J connectivity index is -0.000000155. The van der Waals surface area contributed by atoms with E-state index in [4.69, 9.17) is 0 Å². The summed E-state index contributed by atoms with van der Waals surface area (Å²) in [5.74, 6) is 5.35. The van der Waals surface area contributed by atoms with Crippen molar-refractivity contribution in [3.05, 3.63) is 277 Å². The molecule has 11 heteroatoms. The van der Waals surface area contributed by atoms with E-state index < -0.39 is 0 Å². The van der Waals surface area contributed by atoms with Crippen LogP contribution in [0.2, 0.25) is 0 Å². The molecular formula is C134H246Co2N3O6-11. The SMILES string of the molecule is CCCC[N+](CCCC)(CCCC)CCC(CCC)c1cc(C)c(O)c(Cc2cc(C(CCC)CCC)cc(C)c2O)c1.CCCC[N+](CCCC)(CCCC)CCC(CCC)c1cc(C)c(O)c(Cc2cc(C(CCC)CCC)cc(C)c2O)c1.CCCC[N+](CCCC)(CCCC)CCC(CCC)c1cc(C)c(O)c(Cc2cc(C(CCC)CCC)cc(C)c2O)c1.[CH3-].[CH3-].[CH3-].[CH3-].[CH3-].[CH3-].[CH3-].[CH3-].[CH3-].[CH3-].[CH3-].[CH3-].[CH3-].[CH3-].[Co].[Co]. The molecule has 0 heterocycles. The summed E-state index contributed by atoms with van der Waals surface area (Å²) in [6.45, 7) is 69.2. The van der Waals surface area contributed by atoms with Gasteiger partial charge in [-0.15, -0.1) is 0 Å². The Morgan fingerprint density at radius 3 is 0.379 bits per heavy atom. The number of quaternary nitrogens is 3. The van der Waals surface area contributed by atoms with Gasteiger partial charge in [-0.05, 0) is 293 Å². The van der Waals surface area contributed by atoms with E-state index >= 15 is 0 Å². The summed E-state index contributed by atoms with van der Waals surface area (Å²) in [7, 11) is 0. The van der Waals surface area contributed by atoms with Gasteiger partial charge in [0.2, 0.25) is 0 Å². The van der Waals surface area contributed by atoms with Crippen LogP contribution in [0.15, 0.2) is 72.8 Å². The molecule has 145 heavy (non-hydrogen) atoms. The van der Waals surface area contributed by atoms with Crippen LogP contribution >= 0.6 is 0 Å². The fourth-order valence-corrected chi connectivity index (χ4v) is 21.9. The number of hydrogen-bond acceptors (Lipinski definition) is 6. The molecule has 0 amide bonds. The Labute approximate surface area is 932 Å². The second kappa shape index (κ2) is 92.7. The number of phenolic OH excluding ortho intramolecular Hbond substituents is 6. The van der Waals surface area contributed by atoms with E-state index in [0.717, 1.165) is 125 Å². The van der Waals surface area contributed by atoms with E-state index in [2.05, 4.69) is 218 Å². The average molecular weight is 2110 g/mol. The Kier molecular flexibility index (Phi) is 107. The Morgan fingerprint density at radius 2 is 0.276 bits per heavy atom. The van der Waals surface area contributed by atoms with Gasteiger partial charge in [0.1, 0.15) is 34.5 Å². The van der Waals surface area contributed by atoms with Crippen molar-refractivity contribution in [1.29, 1.82) is 0 Å². The molecule has 0 spiro atoms. The van der Waals surface area contributed by atoms with Gasteiger partial charge in [0.05, 0.1) is 78.5 Å². The molecule has 6 aromatic carbocycles. The van der Waals surface area contributed by atoms with Crippen LogP contribution in [0.1, 0.15) is 511 Å². The van der Waals surface area contributed by atoms with E-state index in [1.54, 1.807) is 0 Å². The molecule has 0 aromatic heterocycles. The van der Waals surface area contributed by atoms with Crippen molar-refractivity contribution in [2.24, 2.45) is 0 Å². The maximum Gasteiger partial charge on any atom is 0.122 e. The standard InChI is InChI=1S/3C40H67NO2.14CH3.2Co/c3*1-9-15-22-41(23-16-10-2,24-17-11-3)25-21-34(20-14-6)36-27-32(8)40(43)38(29-36)30-37-28-35(26-31(7)39(37)42)33(18-12-4)19-13-5;;;;;;;;;;;;;;;;/h3*26-29,33-34H,9-25,30H2,1-8H3,(H-,42,43);14*1H3;;/q;;;14*-1;;/p+3. The van der Waals surface area contributed by atoms with Crippen LogP contribution in [0.5, 0.6) is 34.5 Å². The number of hydrogen-bond donors (Lipinski definition) is 6. The van der Waals surface area contributed by atoms with Gasteiger partial charge in [-0.3, -0.25) is 0 Å². The molecule has 6 N–H and O–H groups in total. The summed E-state index contributed by atoms with van der Waals surface area (Å²) < 4.78 is 3.82. The van der Waals surface area contributed by atoms with Crippen molar-refractivity contribution in [2.45, 2.75) is 471 Å². The number of rotatable bonds is 66. The molecule has 3 unspecified atom stereocenters. The van der Waals surface area contributed by atoms with Gasteiger partial charge in [-0.1, -0.05) is 313 Å². The third kappa shape index (κ3) is 55.4. The van der Waals surface area contributed by atoms with Gasteiger partial charge in [-0.2, -0.15) is 0 Å². The zero-order chi connectivity index (χ0) is 95.5. The summed E-state index contributed by atoms with van der Waals surface area (Å²) in [6.07, 6.45) is 49.5. The van der Waals surface area contributed by atoms with Crippen molar-refractivity contribution in [1.82, 2.24) is 0 Å². The maximum atomic E-state index is 11.3. The van der Waals surface area contributed by atoms with E-state index in [9.17, 15) is 30.6 Å². The van der Waals surface area contributed by atoms with E-state index in [1.807, 2.05) is 20.8 Å². The Bertz CT molecular complexity index is 3560. The first kappa shape index (κ1) is 168. The van der Waals surface area contributed by atoms with Crippen molar-refractivity contribution in [3.8, 4) is 34.5 Å². The molecule has 0 aliphatic carbocycles. The number of nitrogens with zero attached hydrogens (tertiary/aromatic N) is 3. The van der Waals surface area contributed by atoms with Crippen LogP contribution < -0.4 is 0 Å². The van der Waals surface area contributed by atoms with Gasteiger partial charge in [0.15, 0.2) is 0 Å². The minimum absolute atomic E-state index is 0. The van der Waals surface area contributed by atoms with Gasteiger partial charge >= 0.3 is 0 Å². The topological polar surface area (TPSA) is 121 Å². The first-order valence-corrected chi connectivity index (χ1v) is 54.5. The predicted octanol–water partition coefficient (Wildman–Crippen LogP) is 40.7. The Hall–Kier alpha value is -4.99. The summed E-state index contributed by atoms with van der Waals surface area (Å²) in [4.78, 5) is 0. The van der Waals surface area contributed by atoms with E-state index in [1.165, 1.54) is 318 Å². The van der Waals surface area contributed by atoms with Crippen LogP contribution in [0.25, 0.3) is 0 Å².